The van der Waals surface area contributed by atoms with Crippen molar-refractivity contribution >= 4 is 44.5 Å². The van der Waals surface area contributed by atoms with Crippen LogP contribution in [0.5, 0.6) is 0 Å². The molecule has 7 nitrogen and oxygen atoms in total. The molecule has 0 aliphatic carbocycles. The van der Waals surface area contributed by atoms with E-state index in [4.69, 9.17) is 10.1 Å². The average molecular weight is 497 g/mol. The van der Waals surface area contributed by atoms with E-state index < -0.39 is 0 Å². The van der Waals surface area contributed by atoms with Crippen LogP contribution in [-0.4, -0.2) is 39.6 Å². The van der Waals surface area contributed by atoms with Crippen molar-refractivity contribution in [1.29, 1.82) is 0 Å². The van der Waals surface area contributed by atoms with Crippen LogP contribution in [0.2, 0.25) is 0 Å². The zero-order valence-electron chi connectivity index (χ0n) is 20.5. The fraction of sp³-hybridized carbons (Fsp3) is 0.400. The number of benzene rings is 1. The van der Waals surface area contributed by atoms with Crippen LogP contribution < -0.4 is 15.5 Å². The molecule has 0 aliphatic heterocycles. The Hall–Kier alpha value is -2.91. The van der Waals surface area contributed by atoms with Gasteiger partial charge in [-0.15, -0.1) is 16.4 Å². The van der Waals surface area contributed by atoms with Crippen molar-refractivity contribution in [2.75, 3.05) is 23.8 Å². The second-order valence-corrected chi connectivity index (χ2v) is 11.7. The summed E-state index contributed by atoms with van der Waals surface area (Å²) >= 11 is 3.14. The van der Waals surface area contributed by atoms with Gasteiger partial charge < -0.3 is 15.5 Å². The summed E-state index contributed by atoms with van der Waals surface area (Å²) in [5, 5.41) is 14.4. The molecule has 0 saturated heterocycles. The molecule has 180 valence electrons. The van der Waals surface area contributed by atoms with E-state index in [0.717, 1.165) is 27.2 Å². The highest BCUT2D eigenvalue weighted by atomic mass is 32.1. The van der Waals surface area contributed by atoms with Gasteiger partial charge in [-0.1, -0.05) is 61.6 Å². The van der Waals surface area contributed by atoms with Gasteiger partial charge in [0.05, 0.1) is 12.6 Å². The molecular weight excluding hydrogens is 464 g/mol. The third kappa shape index (κ3) is 5.42. The number of anilines is 2. The van der Waals surface area contributed by atoms with Crippen LogP contribution in [0.25, 0.3) is 16.2 Å². The first-order chi connectivity index (χ1) is 16.1. The maximum Gasteiger partial charge on any atom is 0.240 e. The lowest BCUT2D eigenvalue weighted by atomic mass is 10.0. The predicted octanol–water partition coefficient (Wildman–Crippen LogP) is 5.68. The number of carbonyl (C=O) groups is 1. The summed E-state index contributed by atoms with van der Waals surface area (Å²) in [4.78, 5) is 21.6. The molecule has 3 heterocycles. The van der Waals surface area contributed by atoms with Gasteiger partial charge in [0.15, 0.2) is 5.82 Å². The molecule has 0 radical (unpaired) electrons. The number of rotatable bonds is 8. The smallest absolute Gasteiger partial charge is 0.240 e. The molecule has 4 rings (SSSR count). The normalized spacial score (nSPS) is 12.8. The second kappa shape index (κ2) is 9.76. The number of hydrogen-bond acceptors (Lipinski definition) is 7. The molecular formula is C25H32N6OS2. The molecule has 34 heavy (non-hydrogen) atoms. The number of thiophene rings is 1. The van der Waals surface area contributed by atoms with Crippen LogP contribution in [-0.2, 0) is 4.79 Å². The van der Waals surface area contributed by atoms with E-state index in [1.807, 2.05) is 46.1 Å². The minimum absolute atomic E-state index is 0.00512. The third-order valence-electron chi connectivity index (χ3n) is 5.27. The highest BCUT2D eigenvalue weighted by Crippen LogP contribution is 2.34. The first kappa shape index (κ1) is 24.2. The molecule has 0 bridgehead atoms. The van der Waals surface area contributed by atoms with Crippen molar-refractivity contribution in [2.24, 2.45) is 5.92 Å². The minimum atomic E-state index is -0.164. The molecule has 1 unspecified atom stereocenters. The van der Waals surface area contributed by atoms with Crippen molar-refractivity contribution in [3.8, 4) is 11.3 Å². The number of likely N-dealkylation sites (N-methyl/N-ethyl adjacent to an activating group) is 1. The summed E-state index contributed by atoms with van der Waals surface area (Å²) in [6, 6.07) is 14.2. The van der Waals surface area contributed by atoms with Gasteiger partial charge in [-0.05, 0) is 38.1 Å². The quantitative estimate of drug-likeness (QED) is 0.328. The molecule has 1 atom stereocenters. The summed E-state index contributed by atoms with van der Waals surface area (Å²) in [6.07, 6.45) is 0. The molecule has 0 spiro atoms. The number of fused-ring (bicyclic) bond motifs is 1. The lowest BCUT2D eigenvalue weighted by molar-refractivity contribution is -0.120. The third-order valence-corrected chi connectivity index (χ3v) is 7.25. The topological polar surface area (TPSA) is 74.6 Å². The molecule has 1 amide bonds. The van der Waals surface area contributed by atoms with E-state index in [9.17, 15) is 4.79 Å². The second-order valence-electron chi connectivity index (χ2n) is 9.79. The fourth-order valence-electron chi connectivity index (χ4n) is 3.69. The summed E-state index contributed by atoms with van der Waals surface area (Å²) in [5.74, 6) is 1.13. The van der Waals surface area contributed by atoms with E-state index >= 15 is 0 Å². The van der Waals surface area contributed by atoms with Gasteiger partial charge in [-0.3, -0.25) is 4.79 Å². The Morgan fingerprint density at radius 3 is 2.50 bits per heavy atom. The Kier molecular flexibility index (Phi) is 6.95. The zero-order chi connectivity index (χ0) is 24.5. The maximum absolute atomic E-state index is 12.9. The number of carbonyl (C=O) groups excluding carboxylic acids is 1. The van der Waals surface area contributed by atoms with Crippen LogP contribution in [0.3, 0.4) is 0 Å². The number of amides is 1. The van der Waals surface area contributed by atoms with Crippen molar-refractivity contribution in [2.45, 2.75) is 46.2 Å². The van der Waals surface area contributed by atoms with Gasteiger partial charge in [-0.2, -0.15) is 4.52 Å². The van der Waals surface area contributed by atoms with Gasteiger partial charge >= 0.3 is 0 Å². The van der Waals surface area contributed by atoms with Crippen molar-refractivity contribution in [1.82, 2.24) is 19.9 Å². The molecule has 0 fully saturated rings. The molecule has 4 aromatic rings. The van der Waals surface area contributed by atoms with Crippen LogP contribution in [0.1, 0.15) is 45.5 Å². The highest BCUT2D eigenvalue weighted by molar-refractivity contribution is 7.20. The van der Waals surface area contributed by atoms with Gasteiger partial charge in [0.25, 0.3) is 0 Å². The van der Waals surface area contributed by atoms with Gasteiger partial charge in [0, 0.05) is 23.0 Å². The van der Waals surface area contributed by atoms with Gasteiger partial charge in [-0.25, -0.2) is 4.98 Å². The number of nitrogens with one attached hydrogen (secondary N) is 2. The lowest BCUT2D eigenvalue weighted by Gasteiger charge is -2.23. The maximum atomic E-state index is 12.9. The van der Waals surface area contributed by atoms with E-state index in [1.54, 1.807) is 11.3 Å². The number of hydrogen-bond donors (Lipinski definition) is 2. The lowest BCUT2D eigenvalue weighted by Crippen LogP contribution is -2.38. The van der Waals surface area contributed by atoms with Crippen LogP contribution in [0.4, 0.5) is 10.9 Å². The Bertz CT molecular complexity index is 1240. The molecule has 3 aromatic heterocycles. The van der Waals surface area contributed by atoms with E-state index in [-0.39, 0.29) is 24.0 Å². The summed E-state index contributed by atoms with van der Waals surface area (Å²) < 4.78 is 1.85. The molecule has 0 saturated carbocycles. The number of aromatic nitrogens is 3. The summed E-state index contributed by atoms with van der Waals surface area (Å²) in [7, 11) is 1.89. The van der Waals surface area contributed by atoms with Crippen LogP contribution in [0.15, 0.2) is 47.8 Å². The highest BCUT2D eigenvalue weighted by Gasteiger charge is 2.24. The van der Waals surface area contributed by atoms with Crippen molar-refractivity contribution in [3.05, 3.63) is 52.7 Å². The van der Waals surface area contributed by atoms with E-state index in [0.29, 0.717) is 5.92 Å². The Balaban J connectivity index is 1.57. The predicted molar refractivity (Wildman–Crippen MR) is 143 cm³/mol. The van der Waals surface area contributed by atoms with Gasteiger partial charge in [0.2, 0.25) is 16.0 Å². The number of nitrogens with zero attached hydrogens (tertiary/aromatic N) is 4. The monoisotopic (exact) mass is 496 g/mol. The Morgan fingerprint density at radius 2 is 1.88 bits per heavy atom. The van der Waals surface area contributed by atoms with Crippen LogP contribution in [0, 0.1) is 5.92 Å². The molecule has 9 heteroatoms. The SMILES string of the molecule is CC(C)C(NC(=O)CN(C)c1nn2c(NC(C)(C)C)c(-c3ccccc3)nc2s1)c1cccs1. The zero-order valence-corrected chi connectivity index (χ0v) is 22.1. The summed E-state index contributed by atoms with van der Waals surface area (Å²) in [6.45, 7) is 10.8. The van der Waals surface area contributed by atoms with Crippen LogP contribution >= 0.6 is 22.7 Å². The largest absolute Gasteiger partial charge is 0.364 e. The molecule has 2 N–H and O–H groups in total. The number of imidazole rings is 1. The average Bonchev–Trinajstić information content (AvgIpc) is 3.49. The molecule has 0 aliphatic rings. The fourth-order valence-corrected chi connectivity index (χ4v) is 5.50. The molecule has 1 aromatic carbocycles. The van der Waals surface area contributed by atoms with E-state index in [2.05, 4.69) is 63.5 Å². The first-order valence-corrected chi connectivity index (χ1v) is 13.1. The minimum Gasteiger partial charge on any atom is -0.364 e. The van der Waals surface area contributed by atoms with Gasteiger partial charge in [0.1, 0.15) is 5.69 Å². The summed E-state index contributed by atoms with van der Waals surface area (Å²) in [5.41, 5.74) is 1.74. The van der Waals surface area contributed by atoms with Crippen molar-refractivity contribution in [3.63, 3.8) is 0 Å². The van der Waals surface area contributed by atoms with E-state index in [1.165, 1.54) is 16.2 Å². The standard InChI is InChI=1S/C25H32N6OS2/c1-16(2)20(18-13-10-14-33-18)26-19(32)15-30(6)24-29-31-22(28-25(3,4)5)21(27-23(31)34-24)17-11-8-7-9-12-17/h7-14,16,20,28H,15H2,1-6H3,(H,26,32). The van der Waals surface area contributed by atoms with Crippen molar-refractivity contribution < 1.29 is 4.79 Å². The Labute approximate surface area is 208 Å². The first-order valence-electron chi connectivity index (χ1n) is 11.4. The Morgan fingerprint density at radius 1 is 1.15 bits per heavy atom.